The molecule has 0 bridgehead atoms. The fourth-order valence-corrected chi connectivity index (χ4v) is 3.88. The number of hydrogen-bond donors (Lipinski definition) is 1. The molecule has 0 saturated carbocycles. The highest BCUT2D eigenvalue weighted by atomic mass is 35.5. The van der Waals surface area contributed by atoms with Crippen LogP contribution in [0.25, 0.3) is 22.7 Å². The van der Waals surface area contributed by atoms with Gasteiger partial charge in [-0.15, -0.1) is 12.6 Å². The van der Waals surface area contributed by atoms with E-state index >= 15 is 0 Å². The molecule has 0 N–H and O–H groups in total. The van der Waals surface area contributed by atoms with E-state index in [2.05, 4.69) is 24.2 Å². The average Bonchev–Trinajstić information content (AvgIpc) is 2.63. The average molecular weight is 444 g/mol. The molecule has 9 heteroatoms. The minimum Gasteiger partial charge on any atom is -0.495 e. The SMILES string of the molecule is C=Cc1c(OC)c(Cl)cc2c(=O)n(-c3cc(OC)c(Cl)cc3Cl)c(S)nc12. The van der Waals surface area contributed by atoms with E-state index in [-0.39, 0.29) is 20.6 Å². The number of fused-ring (bicyclic) bond motifs is 1. The largest absolute Gasteiger partial charge is 0.495 e. The predicted molar refractivity (Wildman–Crippen MR) is 113 cm³/mol. The first-order valence-corrected chi connectivity index (χ1v) is 9.10. The number of ether oxygens (including phenoxy) is 2. The summed E-state index contributed by atoms with van der Waals surface area (Å²) in [5.74, 6) is 0.734. The zero-order valence-electron chi connectivity index (χ0n) is 14.2. The second kappa shape index (κ2) is 7.64. The van der Waals surface area contributed by atoms with Gasteiger partial charge in [0.25, 0.3) is 5.56 Å². The van der Waals surface area contributed by atoms with Gasteiger partial charge in [0.1, 0.15) is 11.5 Å². The number of rotatable bonds is 4. The van der Waals surface area contributed by atoms with E-state index in [4.69, 9.17) is 44.3 Å². The minimum absolute atomic E-state index is 0.117. The highest BCUT2D eigenvalue weighted by Crippen LogP contribution is 2.36. The first-order chi connectivity index (χ1) is 12.8. The summed E-state index contributed by atoms with van der Waals surface area (Å²) in [7, 11) is 2.94. The van der Waals surface area contributed by atoms with Crippen LogP contribution in [-0.2, 0) is 0 Å². The molecule has 3 aromatic rings. The Hall–Kier alpha value is -1.86. The first-order valence-electron chi connectivity index (χ1n) is 7.52. The van der Waals surface area contributed by atoms with Crippen LogP contribution >= 0.6 is 47.4 Å². The summed E-state index contributed by atoms with van der Waals surface area (Å²) >= 11 is 23.0. The van der Waals surface area contributed by atoms with Gasteiger partial charge in [0.15, 0.2) is 5.16 Å². The monoisotopic (exact) mass is 442 g/mol. The molecule has 5 nitrogen and oxygen atoms in total. The lowest BCUT2D eigenvalue weighted by molar-refractivity contribution is 0.414. The fraction of sp³-hybridized carbons (Fsp3) is 0.111. The maximum Gasteiger partial charge on any atom is 0.266 e. The summed E-state index contributed by atoms with van der Waals surface area (Å²) in [6.07, 6.45) is 1.52. The predicted octanol–water partition coefficient (Wildman–Crippen LogP) is 5.29. The zero-order valence-corrected chi connectivity index (χ0v) is 17.4. The second-order valence-electron chi connectivity index (χ2n) is 5.40. The van der Waals surface area contributed by atoms with E-state index in [0.717, 1.165) is 0 Å². The van der Waals surface area contributed by atoms with E-state index in [1.165, 1.54) is 37.0 Å². The molecule has 0 fully saturated rings. The Bertz CT molecular complexity index is 1150. The summed E-state index contributed by atoms with van der Waals surface area (Å²) in [5, 5.41) is 1.19. The molecular weight excluding hydrogens is 431 g/mol. The first kappa shape index (κ1) is 19.9. The second-order valence-corrected chi connectivity index (χ2v) is 7.02. The summed E-state index contributed by atoms with van der Waals surface area (Å²) in [5.41, 5.74) is 0.784. The fourth-order valence-electron chi connectivity index (χ4n) is 2.75. The van der Waals surface area contributed by atoms with Crippen LogP contribution in [-0.4, -0.2) is 23.8 Å². The van der Waals surface area contributed by atoms with Crippen LogP contribution in [0.4, 0.5) is 0 Å². The lowest BCUT2D eigenvalue weighted by Gasteiger charge is -2.16. The Balaban J connectivity index is 2.45. The van der Waals surface area contributed by atoms with Gasteiger partial charge >= 0.3 is 0 Å². The van der Waals surface area contributed by atoms with Gasteiger partial charge in [-0.25, -0.2) is 4.98 Å². The third-order valence-electron chi connectivity index (χ3n) is 3.96. The molecule has 140 valence electrons. The Morgan fingerprint density at radius 3 is 2.41 bits per heavy atom. The van der Waals surface area contributed by atoms with Gasteiger partial charge < -0.3 is 9.47 Å². The van der Waals surface area contributed by atoms with Crippen LogP contribution in [0.15, 0.2) is 34.7 Å². The van der Waals surface area contributed by atoms with E-state index in [1.54, 1.807) is 6.07 Å². The van der Waals surface area contributed by atoms with Gasteiger partial charge in [-0.05, 0) is 12.1 Å². The van der Waals surface area contributed by atoms with Crippen molar-refractivity contribution in [3.8, 4) is 17.2 Å². The minimum atomic E-state index is -0.413. The summed E-state index contributed by atoms with van der Waals surface area (Å²) in [6, 6.07) is 4.51. The molecule has 0 aliphatic carbocycles. The molecule has 2 aromatic carbocycles. The standard InChI is InChI=1S/C18H13Cl3N2O3S/c1-4-8-15-9(5-12(21)16(8)26-3)17(24)23(18(27)22-15)13-7-14(25-2)11(20)6-10(13)19/h4-7H,1H2,2-3H3,(H,22,27). The maximum absolute atomic E-state index is 13.2. The molecule has 0 unspecified atom stereocenters. The Morgan fingerprint density at radius 2 is 1.81 bits per heavy atom. The van der Waals surface area contributed by atoms with Gasteiger partial charge in [-0.3, -0.25) is 9.36 Å². The molecule has 0 aliphatic heterocycles. The van der Waals surface area contributed by atoms with Crippen LogP contribution in [0, 0.1) is 0 Å². The zero-order chi connectivity index (χ0) is 19.9. The number of nitrogens with zero attached hydrogens (tertiary/aromatic N) is 2. The third-order valence-corrected chi connectivity index (χ3v) is 5.14. The molecule has 0 spiro atoms. The Morgan fingerprint density at radius 1 is 1.11 bits per heavy atom. The molecule has 27 heavy (non-hydrogen) atoms. The maximum atomic E-state index is 13.2. The topological polar surface area (TPSA) is 53.4 Å². The van der Waals surface area contributed by atoms with Crippen LogP contribution in [0.1, 0.15) is 5.56 Å². The van der Waals surface area contributed by atoms with Gasteiger partial charge in [0.2, 0.25) is 0 Å². The molecule has 3 rings (SSSR count). The number of benzene rings is 2. The molecule has 1 heterocycles. The molecule has 0 amide bonds. The molecule has 1 aromatic heterocycles. The summed E-state index contributed by atoms with van der Waals surface area (Å²) in [4.78, 5) is 17.7. The lowest BCUT2D eigenvalue weighted by atomic mass is 10.1. The highest BCUT2D eigenvalue weighted by Gasteiger charge is 2.20. The van der Waals surface area contributed by atoms with Gasteiger partial charge in [-0.1, -0.05) is 47.5 Å². The van der Waals surface area contributed by atoms with E-state index in [9.17, 15) is 4.79 Å². The Kier molecular flexibility index (Phi) is 5.63. The third kappa shape index (κ3) is 3.27. The summed E-state index contributed by atoms with van der Waals surface area (Å²) in [6.45, 7) is 3.75. The normalized spacial score (nSPS) is 10.9. The van der Waals surface area contributed by atoms with Crippen LogP contribution < -0.4 is 15.0 Å². The van der Waals surface area contributed by atoms with E-state index in [1.807, 2.05) is 0 Å². The van der Waals surface area contributed by atoms with Crippen molar-refractivity contribution >= 4 is 64.4 Å². The molecule has 0 atom stereocenters. The van der Waals surface area contributed by atoms with E-state index < -0.39 is 5.56 Å². The molecule has 0 saturated heterocycles. The van der Waals surface area contributed by atoms with Crippen molar-refractivity contribution in [2.45, 2.75) is 5.16 Å². The van der Waals surface area contributed by atoms with Crippen LogP contribution in [0.5, 0.6) is 11.5 Å². The van der Waals surface area contributed by atoms with Gasteiger partial charge in [0.05, 0.1) is 45.9 Å². The van der Waals surface area contributed by atoms with Gasteiger partial charge in [-0.2, -0.15) is 0 Å². The number of methoxy groups -OCH3 is 2. The Labute approximate surface area is 175 Å². The van der Waals surface area contributed by atoms with Crippen LogP contribution in [0.2, 0.25) is 15.1 Å². The number of aromatic nitrogens is 2. The molecule has 0 aliphatic rings. The quantitative estimate of drug-likeness (QED) is 0.439. The number of thiol groups is 1. The molecular formula is C18H13Cl3N2O3S. The van der Waals surface area contributed by atoms with Crippen molar-refractivity contribution in [3.05, 3.63) is 55.8 Å². The van der Waals surface area contributed by atoms with Crippen molar-refractivity contribution in [1.82, 2.24) is 9.55 Å². The lowest BCUT2D eigenvalue weighted by Crippen LogP contribution is -2.22. The highest BCUT2D eigenvalue weighted by molar-refractivity contribution is 7.80. The molecule has 0 radical (unpaired) electrons. The smallest absolute Gasteiger partial charge is 0.266 e. The van der Waals surface area contributed by atoms with Crippen molar-refractivity contribution in [1.29, 1.82) is 0 Å². The van der Waals surface area contributed by atoms with Gasteiger partial charge in [0, 0.05) is 11.6 Å². The van der Waals surface area contributed by atoms with Crippen LogP contribution in [0.3, 0.4) is 0 Å². The summed E-state index contributed by atoms with van der Waals surface area (Å²) < 4.78 is 11.8. The van der Waals surface area contributed by atoms with Crippen molar-refractivity contribution < 1.29 is 9.47 Å². The van der Waals surface area contributed by atoms with E-state index in [0.29, 0.717) is 33.3 Å². The van der Waals surface area contributed by atoms with Crippen molar-refractivity contribution in [3.63, 3.8) is 0 Å². The van der Waals surface area contributed by atoms with Crippen molar-refractivity contribution in [2.24, 2.45) is 0 Å². The van der Waals surface area contributed by atoms with Crippen molar-refractivity contribution in [2.75, 3.05) is 14.2 Å². The number of hydrogen-bond acceptors (Lipinski definition) is 5. The number of halogens is 3.